The molecule has 5 heteroatoms. The molecule has 0 aliphatic rings. The number of hydrogen-bond donors (Lipinski definition) is 1. The van der Waals surface area contributed by atoms with E-state index in [0.717, 1.165) is 25.1 Å². The Morgan fingerprint density at radius 3 is 2.47 bits per heavy atom. The Labute approximate surface area is 100 Å². The van der Waals surface area contributed by atoms with Crippen molar-refractivity contribution in [2.24, 2.45) is 5.73 Å². The fourth-order valence-electron chi connectivity index (χ4n) is 1.53. The average molecular weight is 244 g/mol. The second-order valence-corrected chi connectivity index (χ2v) is 3.90. The van der Waals surface area contributed by atoms with E-state index in [4.69, 9.17) is 5.73 Å². The predicted molar refractivity (Wildman–Crippen MR) is 63.1 cm³/mol. The first-order valence-electron chi connectivity index (χ1n) is 5.54. The van der Waals surface area contributed by atoms with Crippen LogP contribution in [0.5, 0.6) is 5.75 Å². The van der Waals surface area contributed by atoms with Gasteiger partial charge in [-0.15, -0.1) is 0 Å². The lowest BCUT2D eigenvalue weighted by Crippen LogP contribution is -2.21. The van der Waals surface area contributed by atoms with Gasteiger partial charge in [0.1, 0.15) is 5.75 Å². The highest BCUT2D eigenvalue weighted by Gasteiger charge is 2.04. The number of nitrogens with zero attached hydrogens (tertiary/aromatic N) is 1. The van der Waals surface area contributed by atoms with E-state index in [1.807, 2.05) is 7.05 Å². The van der Waals surface area contributed by atoms with Crippen molar-refractivity contribution in [3.8, 4) is 5.75 Å². The van der Waals surface area contributed by atoms with E-state index in [-0.39, 0.29) is 5.75 Å². The number of hydrogen-bond acceptors (Lipinski definition) is 3. The van der Waals surface area contributed by atoms with Crippen LogP contribution in [-0.2, 0) is 6.54 Å². The van der Waals surface area contributed by atoms with Crippen LogP contribution in [0.25, 0.3) is 0 Å². The van der Waals surface area contributed by atoms with Gasteiger partial charge < -0.3 is 15.4 Å². The van der Waals surface area contributed by atoms with Gasteiger partial charge in [0.05, 0.1) is 0 Å². The SMILES string of the molecule is CN(CCCN)Cc1ccc(OC(F)F)cc1. The molecule has 1 rings (SSSR count). The second kappa shape index (κ2) is 7.19. The standard InChI is InChI=1S/C12H18F2N2O/c1-16(8-2-7-15)9-10-3-5-11(6-4-10)17-12(13)14/h3-6,12H,2,7-9,15H2,1H3. The van der Waals surface area contributed by atoms with Gasteiger partial charge in [-0.2, -0.15) is 8.78 Å². The molecule has 0 unspecified atom stereocenters. The predicted octanol–water partition coefficient (Wildman–Crippen LogP) is 2.07. The first-order valence-corrected chi connectivity index (χ1v) is 5.54. The first kappa shape index (κ1) is 13.9. The Morgan fingerprint density at radius 2 is 1.94 bits per heavy atom. The van der Waals surface area contributed by atoms with E-state index in [2.05, 4.69) is 9.64 Å². The molecule has 3 nitrogen and oxygen atoms in total. The second-order valence-electron chi connectivity index (χ2n) is 3.90. The van der Waals surface area contributed by atoms with Gasteiger partial charge in [-0.25, -0.2) is 0 Å². The maximum atomic E-state index is 11.9. The maximum Gasteiger partial charge on any atom is 0.387 e. The lowest BCUT2D eigenvalue weighted by Gasteiger charge is -2.16. The van der Waals surface area contributed by atoms with E-state index in [9.17, 15) is 8.78 Å². The Morgan fingerprint density at radius 1 is 1.29 bits per heavy atom. The topological polar surface area (TPSA) is 38.5 Å². The summed E-state index contributed by atoms with van der Waals surface area (Å²) in [5, 5.41) is 0. The average Bonchev–Trinajstić information content (AvgIpc) is 2.28. The number of rotatable bonds is 7. The number of nitrogens with two attached hydrogens (primary N) is 1. The molecule has 0 spiro atoms. The molecular formula is C12H18F2N2O. The van der Waals surface area contributed by atoms with Crippen molar-refractivity contribution in [1.29, 1.82) is 0 Å². The van der Waals surface area contributed by atoms with Crippen molar-refractivity contribution in [3.05, 3.63) is 29.8 Å². The third-order valence-corrected chi connectivity index (χ3v) is 2.34. The van der Waals surface area contributed by atoms with Crippen LogP contribution in [0, 0.1) is 0 Å². The lowest BCUT2D eigenvalue weighted by molar-refractivity contribution is -0.0498. The third-order valence-electron chi connectivity index (χ3n) is 2.34. The van der Waals surface area contributed by atoms with E-state index in [1.165, 1.54) is 0 Å². The van der Waals surface area contributed by atoms with Gasteiger partial charge in [-0.05, 0) is 44.3 Å². The molecule has 0 heterocycles. The summed E-state index contributed by atoms with van der Waals surface area (Å²) in [5.74, 6) is 0.188. The highest BCUT2D eigenvalue weighted by molar-refractivity contribution is 5.27. The molecule has 1 aromatic carbocycles. The molecule has 0 fully saturated rings. The van der Waals surface area contributed by atoms with Crippen LogP contribution >= 0.6 is 0 Å². The molecule has 0 aromatic heterocycles. The molecule has 0 amide bonds. The highest BCUT2D eigenvalue weighted by Crippen LogP contribution is 2.15. The van der Waals surface area contributed by atoms with Crippen LogP contribution in [-0.4, -0.2) is 31.6 Å². The maximum absolute atomic E-state index is 11.9. The largest absolute Gasteiger partial charge is 0.435 e. The van der Waals surface area contributed by atoms with Crippen molar-refractivity contribution in [1.82, 2.24) is 4.90 Å². The molecule has 0 aliphatic heterocycles. The molecule has 0 atom stereocenters. The molecule has 1 aromatic rings. The Balaban J connectivity index is 2.44. The van der Waals surface area contributed by atoms with Crippen LogP contribution < -0.4 is 10.5 Å². The van der Waals surface area contributed by atoms with Crippen molar-refractivity contribution in [2.75, 3.05) is 20.1 Å². The van der Waals surface area contributed by atoms with Gasteiger partial charge in [-0.3, -0.25) is 0 Å². The van der Waals surface area contributed by atoms with Crippen LogP contribution in [0.3, 0.4) is 0 Å². The number of ether oxygens (including phenoxy) is 1. The minimum Gasteiger partial charge on any atom is -0.435 e. The summed E-state index contributed by atoms with van der Waals surface area (Å²) in [5.41, 5.74) is 6.48. The Bertz CT molecular complexity index is 317. The van der Waals surface area contributed by atoms with Crippen LogP contribution in [0.1, 0.15) is 12.0 Å². The van der Waals surface area contributed by atoms with Crippen molar-refractivity contribution in [2.45, 2.75) is 19.6 Å². The summed E-state index contributed by atoms with van der Waals surface area (Å²) in [4.78, 5) is 2.13. The van der Waals surface area contributed by atoms with E-state index in [1.54, 1.807) is 24.3 Å². The van der Waals surface area contributed by atoms with Crippen molar-refractivity contribution in [3.63, 3.8) is 0 Å². The van der Waals surface area contributed by atoms with Crippen molar-refractivity contribution >= 4 is 0 Å². The van der Waals surface area contributed by atoms with Gasteiger partial charge in [0.25, 0.3) is 0 Å². The van der Waals surface area contributed by atoms with Gasteiger partial charge in [0.15, 0.2) is 0 Å². The molecular weight excluding hydrogens is 226 g/mol. The zero-order valence-corrected chi connectivity index (χ0v) is 9.90. The molecule has 17 heavy (non-hydrogen) atoms. The third kappa shape index (κ3) is 5.60. The minimum absolute atomic E-state index is 0.188. The summed E-state index contributed by atoms with van der Waals surface area (Å²) in [7, 11) is 2.00. The summed E-state index contributed by atoms with van der Waals surface area (Å²) in [6.45, 7) is -0.403. The zero-order chi connectivity index (χ0) is 12.7. The van der Waals surface area contributed by atoms with E-state index in [0.29, 0.717) is 6.54 Å². The minimum atomic E-state index is -2.77. The molecule has 2 N–H and O–H groups in total. The first-order chi connectivity index (χ1) is 8.11. The molecule has 0 bridgehead atoms. The highest BCUT2D eigenvalue weighted by atomic mass is 19.3. The molecule has 0 aliphatic carbocycles. The van der Waals surface area contributed by atoms with Gasteiger partial charge in [-0.1, -0.05) is 12.1 Å². The van der Waals surface area contributed by atoms with E-state index >= 15 is 0 Å². The summed E-state index contributed by atoms with van der Waals surface area (Å²) < 4.78 is 28.1. The number of alkyl halides is 2. The number of halogens is 2. The molecule has 0 radical (unpaired) electrons. The van der Waals surface area contributed by atoms with Gasteiger partial charge in [0.2, 0.25) is 0 Å². The fourth-order valence-corrected chi connectivity index (χ4v) is 1.53. The zero-order valence-electron chi connectivity index (χ0n) is 9.90. The van der Waals surface area contributed by atoms with Gasteiger partial charge >= 0.3 is 6.61 Å². The van der Waals surface area contributed by atoms with Gasteiger partial charge in [0, 0.05) is 6.54 Å². The number of benzene rings is 1. The normalized spacial score (nSPS) is 11.2. The molecule has 0 saturated heterocycles. The monoisotopic (exact) mass is 244 g/mol. The van der Waals surface area contributed by atoms with Crippen LogP contribution in [0.15, 0.2) is 24.3 Å². The summed E-state index contributed by atoms with van der Waals surface area (Å²) in [6.07, 6.45) is 0.947. The molecule has 0 saturated carbocycles. The quantitative estimate of drug-likeness (QED) is 0.798. The molecule has 96 valence electrons. The fraction of sp³-hybridized carbons (Fsp3) is 0.500. The summed E-state index contributed by atoms with van der Waals surface area (Å²) >= 11 is 0. The van der Waals surface area contributed by atoms with E-state index < -0.39 is 6.61 Å². The lowest BCUT2D eigenvalue weighted by atomic mass is 10.2. The summed E-state index contributed by atoms with van der Waals surface area (Å²) in [6, 6.07) is 6.68. The smallest absolute Gasteiger partial charge is 0.387 e. The van der Waals surface area contributed by atoms with Crippen LogP contribution in [0.2, 0.25) is 0 Å². The van der Waals surface area contributed by atoms with Crippen molar-refractivity contribution < 1.29 is 13.5 Å². The Kier molecular flexibility index (Phi) is 5.86. The van der Waals surface area contributed by atoms with Crippen LogP contribution in [0.4, 0.5) is 8.78 Å². The Hall–Kier alpha value is -1.20.